The van der Waals surface area contributed by atoms with Crippen molar-refractivity contribution in [2.24, 2.45) is 0 Å². The molecule has 15 heavy (non-hydrogen) atoms. The minimum atomic E-state index is -1.13. The van der Waals surface area contributed by atoms with Gasteiger partial charge >= 0.3 is 5.97 Å². The number of carboxylic acid groups (broad SMARTS) is 1. The van der Waals surface area contributed by atoms with Gasteiger partial charge in [-0.25, -0.2) is 4.79 Å². The Morgan fingerprint density at radius 1 is 1.53 bits per heavy atom. The number of rotatable bonds is 3. The van der Waals surface area contributed by atoms with E-state index in [1.807, 2.05) is 0 Å². The van der Waals surface area contributed by atoms with Crippen LogP contribution in [0.1, 0.15) is 32.6 Å². The molecule has 1 aliphatic rings. The van der Waals surface area contributed by atoms with Crippen molar-refractivity contribution < 1.29 is 19.4 Å². The van der Waals surface area contributed by atoms with Crippen molar-refractivity contribution in [1.29, 1.82) is 0 Å². The zero-order chi connectivity index (χ0) is 11.5. The molecule has 1 fully saturated rings. The molecule has 0 aromatic heterocycles. The summed E-state index contributed by atoms with van der Waals surface area (Å²) in [6.45, 7) is 1.33. The molecule has 0 saturated heterocycles. The molecule has 0 heterocycles. The van der Waals surface area contributed by atoms with E-state index in [1.54, 1.807) is 7.11 Å². The van der Waals surface area contributed by atoms with E-state index < -0.39 is 11.5 Å². The van der Waals surface area contributed by atoms with Gasteiger partial charge in [-0.05, 0) is 19.3 Å². The Bertz CT molecular complexity index is 266. The lowest BCUT2D eigenvalue weighted by Gasteiger charge is -2.37. The molecule has 0 aromatic carbocycles. The summed E-state index contributed by atoms with van der Waals surface area (Å²) in [5, 5.41) is 11.7. The van der Waals surface area contributed by atoms with Crippen LogP contribution in [-0.4, -0.2) is 35.7 Å². The maximum absolute atomic E-state index is 11.2. The van der Waals surface area contributed by atoms with Gasteiger partial charge in [0.25, 0.3) is 0 Å². The third-order valence-corrected chi connectivity index (χ3v) is 2.86. The highest BCUT2D eigenvalue weighted by Crippen LogP contribution is 2.30. The van der Waals surface area contributed by atoms with Gasteiger partial charge in [0.2, 0.25) is 5.91 Å². The molecule has 86 valence electrons. The van der Waals surface area contributed by atoms with E-state index >= 15 is 0 Å². The van der Waals surface area contributed by atoms with Gasteiger partial charge in [0.15, 0.2) is 0 Å². The number of aliphatic carboxylic acids is 1. The average Bonchev–Trinajstić information content (AvgIpc) is 2.16. The van der Waals surface area contributed by atoms with Crippen molar-refractivity contribution in [3.8, 4) is 0 Å². The molecule has 0 bridgehead atoms. The van der Waals surface area contributed by atoms with Crippen LogP contribution < -0.4 is 5.32 Å². The SMILES string of the molecule is COC1CCCC(NC(C)=O)(C(=O)O)C1. The fraction of sp³-hybridized carbons (Fsp3) is 0.800. The van der Waals surface area contributed by atoms with Gasteiger partial charge in [-0.1, -0.05) is 0 Å². The summed E-state index contributed by atoms with van der Waals surface area (Å²) in [7, 11) is 1.57. The first kappa shape index (κ1) is 12.0. The number of nitrogens with one attached hydrogen (secondary N) is 1. The van der Waals surface area contributed by atoms with Gasteiger partial charge in [0.1, 0.15) is 5.54 Å². The Balaban J connectivity index is 2.80. The van der Waals surface area contributed by atoms with Crippen LogP contribution in [0.4, 0.5) is 0 Å². The van der Waals surface area contributed by atoms with Gasteiger partial charge < -0.3 is 15.2 Å². The molecule has 2 N–H and O–H groups in total. The van der Waals surface area contributed by atoms with E-state index in [9.17, 15) is 14.7 Å². The average molecular weight is 215 g/mol. The zero-order valence-corrected chi connectivity index (χ0v) is 9.08. The van der Waals surface area contributed by atoms with Crippen molar-refractivity contribution in [1.82, 2.24) is 5.32 Å². The van der Waals surface area contributed by atoms with Crippen LogP contribution in [0.5, 0.6) is 0 Å². The number of ether oxygens (including phenoxy) is 1. The molecule has 2 unspecified atom stereocenters. The summed E-state index contributed by atoms with van der Waals surface area (Å²) in [5.74, 6) is -1.28. The molecule has 1 rings (SSSR count). The van der Waals surface area contributed by atoms with Crippen LogP contribution in [0.15, 0.2) is 0 Å². The summed E-state index contributed by atoms with van der Waals surface area (Å²) < 4.78 is 5.16. The second-order valence-electron chi connectivity index (χ2n) is 4.02. The molecule has 5 heteroatoms. The topological polar surface area (TPSA) is 75.6 Å². The van der Waals surface area contributed by atoms with Gasteiger partial charge in [-0.2, -0.15) is 0 Å². The quantitative estimate of drug-likeness (QED) is 0.720. The van der Waals surface area contributed by atoms with E-state index in [0.29, 0.717) is 12.8 Å². The first-order chi connectivity index (χ1) is 7.00. The number of hydrogen-bond donors (Lipinski definition) is 2. The lowest BCUT2D eigenvalue weighted by Crippen LogP contribution is -2.57. The summed E-state index contributed by atoms with van der Waals surface area (Å²) >= 11 is 0. The zero-order valence-electron chi connectivity index (χ0n) is 9.08. The van der Waals surface area contributed by atoms with Gasteiger partial charge in [-0.3, -0.25) is 4.79 Å². The highest BCUT2D eigenvalue weighted by molar-refractivity contribution is 5.86. The fourth-order valence-electron chi connectivity index (χ4n) is 2.12. The summed E-state index contributed by atoms with van der Waals surface area (Å²) in [4.78, 5) is 22.2. The second kappa shape index (κ2) is 4.61. The Hall–Kier alpha value is -1.10. The number of carbonyl (C=O) groups is 2. The number of hydrogen-bond acceptors (Lipinski definition) is 3. The summed E-state index contributed by atoms with van der Waals surface area (Å²) in [5.41, 5.74) is -1.13. The van der Waals surface area contributed by atoms with Crippen LogP contribution in [0.3, 0.4) is 0 Å². The molecule has 5 nitrogen and oxygen atoms in total. The van der Waals surface area contributed by atoms with Crippen molar-refractivity contribution in [3.63, 3.8) is 0 Å². The molecule has 0 spiro atoms. The van der Waals surface area contributed by atoms with E-state index in [4.69, 9.17) is 4.74 Å². The molecule has 1 aliphatic carbocycles. The normalized spacial score (nSPS) is 30.9. The molecule has 1 amide bonds. The smallest absolute Gasteiger partial charge is 0.329 e. The van der Waals surface area contributed by atoms with Crippen LogP contribution in [0.2, 0.25) is 0 Å². The lowest BCUT2D eigenvalue weighted by atomic mass is 9.80. The standard InChI is InChI=1S/C10H17NO4/c1-7(12)11-10(9(13)14)5-3-4-8(6-10)15-2/h8H,3-6H2,1-2H3,(H,11,12)(H,13,14). The first-order valence-corrected chi connectivity index (χ1v) is 5.05. The van der Waals surface area contributed by atoms with Crippen LogP contribution in [0, 0.1) is 0 Å². The molecule has 0 aromatic rings. The van der Waals surface area contributed by atoms with Crippen molar-refractivity contribution in [2.45, 2.75) is 44.2 Å². The molecular weight excluding hydrogens is 198 g/mol. The summed E-state index contributed by atoms with van der Waals surface area (Å²) in [6, 6.07) is 0. The largest absolute Gasteiger partial charge is 0.480 e. The number of carboxylic acids is 1. The lowest BCUT2D eigenvalue weighted by molar-refractivity contribution is -0.151. The predicted molar refractivity (Wildman–Crippen MR) is 53.4 cm³/mol. The van der Waals surface area contributed by atoms with Crippen molar-refractivity contribution >= 4 is 11.9 Å². The monoisotopic (exact) mass is 215 g/mol. The summed E-state index contributed by atoms with van der Waals surface area (Å²) in [6.07, 6.45) is 2.35. The van der Waals surface area contributed by atoms with E-state index in [1.165, 1.54) is 6.92 Å². The van der Waals surface area contributed by atoms with Crippen LogP contribution in [0.25, 0.3) is 0 Å². The third kappa shape index (κ3) is 2.68. The highest BCUT2D eigenvalue weighted by Gasteiger charge is 2.43. The van der Waals surface area contributed by atoms with Crippen molar-refractivity contribution in [3.05, 3.63) is 0 Å². The van der Waals surface area contributed by atoms with Gasteiger partial charge in [0.05, 0.1) is 6.10 Å². The third-order valence-electron chi connectivity index (χ3n) is 2.86. The maximum Gasteiger partial charge on any atom is 0.329 e. The van der Waals surface area contributed by atoms with Crippen LogP contribution >= 0.6 is 0 Å². The van der Waals surface area contributed by atoms with E-state index in [2.05, 4.69) is 5.32 Å². The Labute approximate surface area is 88.8 Å². The fourth-order valence-corrected chi connectivity index (χ4v) is 2.12. The van der Waals surface area contributed by atoms with Gasteiger partial charge in [-0.15, -0.1) is 0 Å². The molecule has 0 aliphatic heterocycles. The Morgan fingerprint density at radius 2 is 2.20 bits per heavy atom. The number of methoxy groups -OCH3 is 1. The molecule has 0 radical (unpaired) electrons. The first-order valence-electron chi connectivity index (χ1n) is 5.05. The predicted octanol–water partition coefficient (Wildman–Crippen LogP) is 0.535. The Kier molecular flexibility index (Phi) is 3.68. The second-order valence-corrected chi connectivity index (χ2v) is 4.02. The highest BCUT2D eigenvalue weighted by atomic mass is 16.5. The molecule has 2 atom stereocenters. The number of carbonyl (C=O) groups excluding carboxylic acids is 1. The maximum atomic E-state index is 11.2. The van der Waals surface area contributed by atoms with Crippen LogP contribution in [-0.2, 0) is 14.3 Å². The molecule has 1 saturated carbocycles. The van der Waals surface area contributed by atoms with Gasteiger partial charge in [0, 0.05) is 20.5 Å². The minimum absolute atomic E-state index is 0.0818. The molecular formula is C10H17NO4. The van der Waals surface area contributed by atoms with Crippen molar-refractivity contribution in [2.75, 3.05) is 7.11 Å². The number of amides is 1. The van der Waals surface area contributed by atoms with E-state index in [-0.39, 0.29) is 12.0 Å². The Morgan fingerprint density at radius 3 is 2.67 bits per heavy atom. The van der Waals surface area contributed by atoms with E-state index in [0.717, 1.165) is 12.8 Å². The minimum Gasteiger partial charge on any atom is -0.480 e.